The normalized spacial score (nSPS) is 17.2. The zero-order valence-corrected chi connectivity index (χ0v) is 14.4. The fourth-order valence-corrected chi connectivity index (χ4v) is 3.26. The Balaban J connectivity index is 1.95. The first-order chi connectivity index (χ1) is 12.2. The minimum Gasteiger partial charge on any atom is -0.318 e. The van der Waals surface area contributed by atoms with E-state index in [1.54, 1.807) is 0 Å². The molecule has 0 unspecified atom stereocenters. The molecular weight excluding hydrogens is 374 g/mol. The molecule has 1 aliphatic carbocycles. The SMILES string of the molecule is Cn1nc(C(=O)Nc2nnnn2N)c(Cl)c(C2CCC(F)(F)CC2)c1=O. The van der Waals surface area contributed by atoms with E-state index in [0.29, 0.717) is 0 Å². The summed E-state index contributed by atoms with van der Waals surface area (Å²) in [6.07, 6.45) is -0.506. The van der Waals surface area contributed by atoms with Crippen molar-refractivity contribution in [1.29, 1.82) is 0 Å². The minimum atomic E-state index is -2.75. The molecule has 3 rings (SSSR count). The summed E-state index contributed by atoms with van der Waals surface area (Å²) in [4.78, 5) is 25.6. The van der Waals surface area contributed by atoms with Gasteiger partial charge in [0.15, 0.2) is 5.69 Å². The lowest BCUT2D eigenvalue weighted by Gasteiger charge is -2.28. The van der Waals surface area contributed by atoms with Crippen LogP contribution in [0.25, 0.3) is 0 Å². The smallest absolute Gasteiger partial charge is 0.280 e. The monoisotopic (exact) mass is 388 g/mol. The van der Waals surface area contributed by atoms with Gasteiger partial charge in [-0.15, -0.1) is 4.79 Å². The van der Waals surface area contributed by atoms with E-state index < -0.39 is 23.3 Å². The number of carbonyl (C=O) groups excluding carboxylic acids is 1. The minimum absolute atomic E-state index is 0.0913. The van der Waals surface area contributed by atoms with Gasteiger partial charge in [0.05, 0.1) is 5.02 Å². The van der Waals surface area contributed by atoms with Crippen molar-refractivity contribution < 1.29 is 13.6 Å². The molecule has 0 atom stereocenters. The molecule has 0 spiro atoms. The largest absolute Gasteiger partial charge is 0.318 e. The molecule has 0 radical (unpaired) electrons. The maximum absolute atomic E-state index is 13.4. The van der Waals surface area contributed by atoms with Crippen LogP contribution in [0.2, 0.25) is 5.02 Å². The van der Waals surface area contributed by atoms with Gasteiger partial charge < -0.3 is 5.84 Å². The van der Waals surface area contributed by atoms with Crippen LogP contribution in [-0.4, -0.2) is 41.9 Å². The van der Waals surface area contributed by atoms with E-state index in [1.165, 1.54) is 7.05 Å². The van der Waals surface area contributed by atoms with Crippen molar-refractivity contribution in [3.8, 4) is 0 Å². The number of nitrogens with zero attached hydrogens (tertiary/aromatic N) is 6. The molecule has 0 bridgehead atoms. The van der Waals surface area contributed by atoms with E-state index in [1.807, 2.05) is 0 Å². The van der Waals surface area contributed by atoms with Crippen LogP contribution in [0.4, 0.5) is 14.7 Å². The van der Waals surface area contributed by atoms with Crippen LogP contribution >= 0.6 is 11.6 Å². The number of hydrogen-bond donors (Lipinski definition) is 2. The van der Waals surface area contributed by atoms with E-state index in [2.05, 4.69) is 25.9 Å². The number of nitrogens with one attached hydrogen (secondary N) is 1. The third kappa shape index (κ3) is 3.36. The number of aromatic nitrogens is 6. The van der Waals surface area contributed by atoms with Crippen LogP contribution in [0.15, 0.2) is 4.79 Å². The highest BCUT2D eigenvalue weighted by Gasteiger charge is 2.38. The average molecular weight is 389 g/mol. The zero-order chi connectivity index (χ0) is 19.1. The van der Waals surface area contributed by atoms with Crippen molar-refractivity contribution in [1.82, 2.24) is 30.1 Å². The van der Waals surface area contributed by atoms with Crippen molar-refractivity contribution in [2.24, 2.45) is 7.05 Å². The molecule has 1 aliphatic rings. The predicted octanol–water partition coefficient (Wildman–Crippen LogP) is 0.679. The lowest BCUT2D eigenvalue weighted by molar-refractivity contribution is -0.0383. The maximum atomic E-state index is 13.4. The number of alkyl halides is 2. The highest BCUT2D eigenvalue weighted by Crippen LogP contribution is 2.41. The van der Waals surface area contributed by atoms with Gasteiger partial charge >= 0.3 is 0 Å². The maximum Gasteiger partial charge on any atom is 0.280 e. The number of nitrogen functional groups attached to an aromatic ring is 1. The van der Waals surface area contributed by atoms with E-state index in [9.17, 15) is 18.4 Å². The number of rotatable bonds is 3. The van der Waals surface area contributed by atoms with Crippen LogP contribution in [0.5, 0.6) is 0 Å². The second-order valence-corrected chi connectivity index (χ2v) is 6.41. The summed E-state index contributed by atoms with van der Waals surface area (Å²) in [6, 6.07) is 0. The number of aryl methyl sites for hydroxylation is 1. The van der Waals surface area contributed by atoms with Crippen LogP contribution in [0, 0.1) is 0 Å². The number of amides is 1. The molecule has 140 valence electrons. The van der Waals surface area contributed by atoms with E-state index in [-0.39, 0.29) is 47.9 Å². The Bertz CT molecular complexity index is 902. The zero-order valence-electron chi connectivity index (χ0n) is 13.6. The summed E-state index contributed by atoms with van der Waals surface area (Å²) in [7, 11) is 1.35. The number of tetrazole rings is 1. The lowest BCUT2D eigenvalue weighted by atomic mass is 9.82. The Kier molecular flexibility index (Phi) is 4.61. The summed E-state index contributed by atoms with van der Waals surface area (Å²) >= 11 is 6.25. The molecule has 1 amide bonds. The van der Waals surface area contributed by atoms with Gasteiger partial charge in [-0.1, -0.05) is 16.7 Å². The standard InChI is InChI=1S/C13H15ClF2N8O2/c1-23-11(26)7(6-2-4-13(15,16)5-3-6)8(14)9(20-23)10(25)18-12-19-21-22-24(12)17/h6H,2-5,17H2,1H3,(H,18,19,22,25). The molecule has 1 saturated carbocycles. The Labute approximate surface area is 150 Å². The number of carbonyl (C=O) groups is 1. The van der Waals surface area contributed by atoms with Gasteiger partial charge in [-0.25, -0.2) is 13.5 Å². The molecule has 2 aromatic rings. The molecule has 2 heterocycles. The van der Waals surface area contributed by atoms with Crippen molar-refractivity contribution in [2.45, 2.75) is 37.5 Å². The van der Waals surface area contributed by atoms with Crippen LogP contribution in [-0.2, 0) is 7.05 Å². The summed E-state index contributed by atoms with van der Waals surface area (Å²) in [5.74, 6) is 1.26. The molecule has 13 heteroatoms. The topological polar surface area (TPSA) is 134 Å². The van der Waals surface area contributed by atoms with Gasteiger partial charge in [0, 0.05) is 25.5 Å². The van der Waals surface area contributed by atoms with Gasteiger partial charge in [0.1, 0.15) is 0 Å². The summed E-state index contributed by atoms with van der Waals surface area (Å²) < 4.78 is 27.8. The van der Waals surface area contributed by atoms with Gasteiger partial charge in [0.2, 0.25) is 5.92 Å². The molecular formula is C13H15ClF2N8O2. The van der Waals surface area contributed by atoms with Crippen LogP contribution < -0.4 is 16.7 Å². The number of halogens is 3. The molecule has 0 saturated heterocycles. The quantitative estimate of drug-likeness (QED) is 0.738. The van der Waals surface area contributed by atoms with E-state index in [0.717, 1.165) is 9.47 Å². The van der Waals surface area contributed by atoms with Crippen LogP contribution in [0.1, 0.15) is 47.7 Å². The van der Waals surface area contributed by atoms with Gasteiger partial charge in [0.25, 0.3) is 17.4 Å². The highest BCUT2D eigenvalue weighted by atomic mass is 35.5. The van der Waals surface area contributed by atoms with Crippen molar-refractivity contribution in [3.05, 3.63) is 26.6 Å². The number of hydrogen-bond acceptors (Lipinski definition) is 7. The second kappa shape index (κ2) is 6.59. The molecule has 26 heavy (non-hydrogen) atoms. The number of anilines is 1. The van der Waals surface area contributed by atoms with E-state index >= 15 is 0 Å². The van der Waals surface area contributed by atoms with E-state index in [4.69, 9.17) is 17.4 Å². The molecule has 3 N–H and O–H groups in total. The van der Waals surface area contributed by atoms with Gasteiger partial charge in [-0.3, -0.25) is 14.9 Å². The Morgan fingerprint density at radius 3 is 2.62 bits per heavy atom. The van der Waals surface area contributed by atoms with Crippen molar-refractivity contribution >= 4 is 23.5 Å². The summed E-state index contributed by atoms with van der Waals surface area (Å²) in [5.41, 5.74) is -0.660. The first-order valence-corrected chi connectivity index (χ1v) is 8.07. The molecule has 0 aromatic carbocycles. The molecule has 10 nitrogen and oxygen atoms in total. The fraction of sp³-hybridized carbons (Fsp3) is 0.538. The molecule has 1 fully saturated rings. The molecule has 0 aliphatic heterocycles. The highest BCUT2D eigenvalue weighted by molar-refractivity contribution is 6.34. The first kappa shape index (κ1) is 18.2. The average Bonchev–Trinajstić information content (AvgIpc) is 2.97. The lowest BCUT2D eigenvalue weighted by Crippen LogP contribution is -2.33. The third-order valence-electron chi connectivity index (χ3n) is 4.28. The fourth-order valence-electron chi connectivity index (χ4n) is 2.90. The molecule has 2 aromatic heterocycles. The first-order valence-electron chi connectivity index (χ1n) is 7.69. The number of nitrogens with two attached hydrogens (primary N) is 1. The predicted molar refractivity (Wildman–Crippen MR) is 86.6 cm³/mol. The Hall–Kier alpha value is -2.63. The van der Waals surface area contributed by atoms with Crippen molar-refractivity contribution in [2.75, 3.05) is 11.2 Å². The summed E-state index contributed by atoms with van der Waals surface area (Å²) in [6.45, 7) is 0. The Morgan fingerprint density at radius 1 is 1.38 bits per heavy atom. The second-order valence-electron chi connectivity index (χ2n) is 6.04. The third-order valence-corrected chi connectivity index (χ3v) is 4.66. The summed E-state index contributed by atoms with van der Waals surface area (Å²) in [5, 5.41) is 16.1. The van der Waals surface area contributed by atoms with Gasteiger partial charge in [-0.2, -0.15) is 5.10 Å². The Morgan fingerprint density at radius 2 is 2.04 bits per heavy atom. The van der Waals surface area contributed by atoms with Crippen LogP contribution in [0.3, 0.4) is 0 Å². The van der Waals surface area contributed by atoms with Gasteiger partial charge in [-0.05, 0) is 29.2 Å². The van der Waals surface area contributed by atoms with Crippen molar-refractivity contribution in [3.63, 3.8) is 0 Å².